The van der Waals surface area contributed by atoms with Gasteiger partial charge in [-0.05, 0) is 31.2 Å². The van der Waals surface area contributed by atoms with E-state index in [4.69, 9.17) is 11.6 Å². The van der Waals surface area contributed by atoms with Gasteiger partial charge in [-0.2, -0.15) is 0 Å². The van der Waals surface area contributed by atoms with Crippen LogP contribution in [0.1, 0.15) is 5.01 Å². The van der Waals surface area contributed by atoms with E-state index in [2.05, 4.69) is 20.5 Å². The molecule has 0 spiro atoms. The number of halogens is 1. The lowest BCUT2D eigenvalue weighted by Gasteiger charge is -2.12. The predicted octanol–water partition coefficient (Wildman–Crippen LogP) is 5.08. The van der Waals surface area contributed by atoms with E-state index in [1.165, 1.54) is 23.1 Å². The molecule has 1 N–H and O–H groups in total. The lowest BCUT2D eigenvalue weighted by Crippen LogP contribution is -2.14. The van der Waals surface area contributed by atoms with Crippen LogP contribution in [-0.2, 0) is 4.79 Å². The maximum atomic E-state index is 12.3. The van der Waals surface area contributed by atoms with Gasteiger partial charge in [-0.25, -0.2) is 4.98 Å². The molecule has 0 atom stereocenters. The first kappa shape index (κ1) is 19.6. The van der Waals surface area contributed by atoms with Crippen LogP contribution in [-0.4, -0.2) is 31.4 Å². The Hall–Kier alpha value is -2.68. The van der Waals surface area contributed by atoms with Crippen LogP contribution in [0.2, 0.25) is 5.02 Å². The number of benzene rings is 2. The van der Waals surface area contributed by atoms with Gasteiger partial charge >= 0.3 is 0 Å². The number of hydrogen-bond acceptors (Lipinski definition) is 6. The molecule has 0 aliphatic carbocycles. The fourth-order valence-electron chi connectivity index (χ4n) is 2.72. The Bertz CT molecular complexity index is 1130. The third-order valence-electron chi connectivity index (χ3n) is 3.99. The molecule has 0 fully saturated rings. The molecule has 146 valence electrons. The van der Waals surface area contributed by atoms with Gasteiger partial charge in [0.2, 0.25) is 11.0 Å². The fourth-order valence-corrected chi connectivity index (χ4v) is 4.25. The second-order valence-corrected chi connectivity index (χ2v) is 8.63. The Balaban J connectivity index is 1.60. The first-order chi connectivity index (χ1) is 14.1. The van der Waals surface area contributed by atoms with Crippen molar-refractivity contribution in [3.8, 4) is 16.9 Å². The molecule has 29 heavy (non-hydrogen) atoms. The van der Waals surface area contributed by atoms with Crippen molar-refractivity contribution in [1.29, 1.82) is 0 Å². The molecule has 2 aromatic carbocycles. The molecule has 9 heteroatoms. The molecule has 6 nitrogen and oxygen atoms in total. The highest BCUT2D eigenvalue weighted by molar-refractivity contribution is 7.99. The smallest absolute Gasteiger partial charge is 0.236 e. The summed E-state index contributed by atoms with van der Waals surface area (Å²) in [5.74, 6) is 0.0512. The Morgan fingerprint density at radius 1 is 1.14 bits per heavy atom. The standard InChI is InChI=1S/C20H16ClN5OS2/c1-13-24-25-19(29-13)23-18(27)12-28-20-22-11-17(14-5-3-2-4-6-14)26(20)16-9-7-15(21)8-10-16/h2-11H,12H2,1H3,(H,23,25,27). The molecule has 0 saturated heterocycles. The molecule has 1 amide bonds. The van der Waals surface area contributed by atoms with Crippen LogP contribution >= 0.6 is 34.7 Å². The molecule has 4 rings (SSSR count). The van der Waals surface area contributed by atoms with E-state index >= 15 is 0 Å². The van der Waals surface area contributed by atoms with Crippen LogP contribution in [0.4, 0.5) is 5.13 Å². The lowest BCUT2D eigenvalue weighted by atomic mass is 10.1. The summed E-state index contributed by atoms with van der Waals surface area (Å²) in [4.78, 5) is 16.9. The highest BCUT2D eigenvalue weighted by atomic mass is 35.5. The van der Waals surface area contributed by atoms with Crippen molar-refractivity contribution in [2.75, 3.05) is 11.1 Å². The average molecular weight is 442 g/mol. The van der Waals surface area contributed by atoms with Gasteiger partial charge in [0.15, 0.2) is 5.16 Å². The number of anilines is 1. The minimum Gasteiger partial charge on any atom is -0.300 e. The summed E-state index contributed by atoms with van der Waals surface area (Å²) in [6.07, 6.45) is 1.82. The normalized spacial score (nSPS) is 10.8. The van der Waals surface area contributed by atoms with Crippen molar-refractivity contribution >= 4 is 45.7 Å². The first-order valence-electron chi connectivity index (χ1n) is 8.72. The molecular formula is C20H16ClN5OS2. The van der Waals surface area contributed by atoms with Gasteiger partial charge < -0.3 is 0 Å². The van der Waals surface area contributed by atoms with Crippen LogP contribution in [0.3, 0.4) is 0 Å². The van der Waals surface area contributed by atoms with Gasteiger partial charge in [-0.3, -0.25) is 14.7 Å². The van der Waals surface area contributed by atoms with E-state index in [1.807, 2.05) is 72.3 Å². The maximum Gasteiger partial charge on any atom is 0.236 e. The molecule has 0 bridgehead atoms. The van der Waals surface area contributed by atoms with Crippen LogP contribution in [0.25, 0.3) is 16.9 Å². The highest BCUT2D eigenvalue weighted by Crippen LogP contribution is 2.30. The second-order valence-electron chi connectivity index (χ2n) is 6.07. The molecule has 0 unspecified atom stereocenters. The second kappa shape index (κ2) is 8.77. The summed E-state index contributed by atoms with van der Waals surface area (Å²) >= 11 is 8.76. The van der Waals surface area contributed by atoms with E-state index in [0.29, 0.717) is 10.2 Å². The number of hydrogen-bond donors (Lipinski definition) is 1. The molecule has 0 aliphatic rings. The number of carbonyl (C=O) groups excluding carboxylic acids is 1. The quantitative estimate of drug-likeness (QED) is 0.422. The van der Waals surface area contributed by atoms with Crippen molar-refractivity contribution in [2.24, 2.45) is 0 Å². The van der Waals surface area contributed by atoms with Crippen LogP contribution in [0.5, 0.6) is 0 Å². The van der Waals surface area contributed by atoms with E-state index in [1.54, 1.807) is 0 Å². The molecule has 0 saturated carbocycles. The lowest BCUT2D eigenvalue weighted by molar-refractivity contribution is -0.113. The first-order valence-corrected chi connectivity index (χ1v) is 10.9. The average Bonchev–Trinajstić information content (AvgIpc) is 3.34. The van der Waals surface area contributed by atoms with E-state index in [0.717, 1.165) is 27.1 Å². The molecule has 0 radical (unpaired) electrons. The zero-order valence-corrected chi connectivity index (χ0v) is 17.8. The minimum atomic E-state index is -0.155. The van der Waals surface area contributed by atoms with Gasteiger partial charge in [0, 0.05) is 16.3 Å². The number of nitrogens with one attached hydrogen (secondary N) is 1. The Morgan fingerprint density at radius 2 is 1.90 bits per heavy atom. The molecule has 2 aromatic heterocycles. The summed E-state index contributed by atoms with van der Waals surface area (Å²) in [5, 5.41) is 13.3. The highest BCUT2D eigenvalue weighted by Gasteiger charge is 2.16. The molecule has 4 aromatic rings. The summed E-state index contributed by atoms with van der Waals surface area (Å²) in [6, 6.07) is 17.6. The van der Waals surface area contributed by atoms with Crippen molar-refractivity contribution in [3.63, 3.8) is 0 Å². The Kier molecular flexibility index (Phi) is 5.94. The third kappa shape index (κ3) is 4.67. The van der Waals surface area contributed by atoms with E-state index < -0.39 is 0 Å². The predicted molar refractivity (Wildman–Crippen MR) is 118 cm³/mol. The number of aryl methyl sites for hydroxylation is 1. The largest absolute Gasteiger partial charge is 0.300 e. The number of carbonyl (C=O) groups is 1. The van der Waals surface area contributed by atoms with E-state index in [-0.39, 0.29) is 11.7 Å². The van der Waals surface area contributed by atoms with Gasteiger partial charge in [-0.15, -0.1) is 10.2 Å². The summed E-state index contributed by atoms with van der Waals surface area (Å²) < 4.78 is 2.03. The number of aromatic nitrogens is 4. The van der Waals surface area contributed by atoms with Crippen LogP contribution in [0, 0.1) is 6.92 Å². The summed E-state index contributed by atoms with van der Waals surface area (Å²) in [5.41, 5.74) is 2.90. The van der Waals surface area contributed by atoms with Crippen molar-refractivity contribution < 1.29 is 4.79 Å². The number of thioether (sulfide) groups is 1. The van der Waals surface area contributed by atoms with Crippen molar-refractivity contribution in [3.05, 3.63) is 70.8 Å². The fraction of sp³-hybridized carbons (Fsp3) is 0.100. The number of amides is 1. The maximum absolute atomic E-state index is 12.3. The monoisotopic (exact) mass is 441 g/mol. The number of imidazole rings is 1. The van der Waals surface area contributed by atoms with Crippen molar-refractivity contribution in [1.82, 2.24) is 19.7 Å². The van der Waals surface area contributed by atoms with Gasteiger partial charge in [-0.1, -0.05) is 65.0 Å². The van der Waals surface area contributed by atoms with Crippen LogP contribution < -0.4 is 5.32 Å². The molecular weight excluding hydrogens is 426 g/mol. The number of nitrogens with zero attached hydrogens (tertiary/aromatic N) is 4. The molecule has 2 heterocycles. The van der Waals surface area contributed by atoms with Crippen molar-refractivity contribution in [2.45, 2.75) is 12.1 Å². The SMILES string of the molecule is Cc1nnc(NC(=O)CSc2ncc(-c3ccccc3)n2-c2ccc(Cl)cc2)s1. The number of rotatable bonds is 6. The van der Waals surface area contributed by atoms with Gasteiger partial charge in [0.05, 0.1) is 17.6 Å². The summed E-state index contributed by atoms with van der Waals surface area (Å²) in [7, 11) is 0. The zero-order chi connectivity index (χ0) is 20.2. The Morgan fingerprint density at radius 3 is 2.59 bits per heavy atom. The third-order valence-corrected chi connectivity index (χ3v) is 5.95. The van der Waals surface area contributed by atoms with E-state index in [9.17, 15) is 4.79 Å². The Labute approximate surface area is 181 Å². The summed E-state index contributed by atoms with van der Waals surface area (Å²) in [6.45, 7) is 1.84. The minimum absolute atomic E-state index is 0.155. The zero-order valence-electron chi connectivity index (χ0n) is 15.4. The van der Waals surface area contributed by atoms with Gasteiger partial charge in [0.25, 0.3) is 0 Å². The molecule has 0 aliphatic heterocycles. The van der Waals surface area contributed by atoms with Crippen LogP contribution in [0.15, 0.2) is 66.0 Å². The topological polar surface area (TPSA) is 72.7 Å². The van der Waals surface area contributed by atoms with Gasteiger partial charge in [0.1, 0.15) is 5.01 Å².